The number of hydrogen-bond acceptors (Lipinski definition) is 7. The van der Waals surface area contributed by atoms with E-state index >= 15 is 0 Å². The lowest BCUT2D eigenvalue weighted by atomic mass is 10.2. The number of nitrogens with zero attached hydrogens (tertiary/aromatic N) is 7. The normalized spacial score (nSPS) is 14.4. The fraction of sp³-hybridized carbons (Fsp3) is 0.318. The molecule has 1 amide bonds. The van der Waals surface area contributed by atoms with Crippen molar-refractivity contribution >= 4 is 17.4 Å². The zero-order chi connectivity index (χ0) is 21.5. The number of anilines is 1. The molecule has 0 aliphatic carbocycles. The lowest BCUT2D eigenvalue weighted by Gasteiger charge is -2.36. The van der Waals surface area contributed by atoms with Crippen LogP contribution in [0.1, 0.15) is 27.4 Å². The summed E-state index contributed by atoms with van der Waals surface area (Å²) in [6.45, 7) is 8.61. The van der Waals surface area contributed by atoms with Crippen LogP contribution in [0.4, 0.5) is 5.82 Å². The third-order valence-electron chi connectivity index (χ3n) is 5.72. The first-order valence-electron chi connectivity index (χ1n) is 10.3. The number of piperazine rings is 1. The van der Waals surface area contributed by atoms with E-state index in [9.17, 15) is 4.79 Å². The maximum absolute atomic E-state index is 12.8. The lowest BCUT2D eigenvalue weighted by molar-refractivity contribution is 0.0746. The van der Waals surface area contributed by atoms with Gasteiger partial charge in [0, 0.05) is 62.0 Å². The Labute approximate surface area is 179 Å². The predicted molar refractivity (Wildman–Crippen MR) is 115 cm³/mol. The number of aryl methyl sites for hydroxylation is 2. The van der Waals surface area contributed by atoms with Crippen molar-refractivity contribution in [1.82, 2.24) is 29.6 Å². The van der Waals surface area contributed by atoms with Gasteiger partial charge < -0.3 is 14.3 Å². The molecule has 0 unspecified atom stereocenters. The average Bonchev–Trinajstić information content (AvgIpc) is 3.41. The molecule has 1 saturated heterocycles. The van der Waals surface area contributed by atoms with Gasteiger partial charge in [-0.2, -0.15) is 9.61 Å². The van der Waals surface area contributed by atoms with E-state index in [1.807, 2.05) is 35.4 Å². The quantitative estimate of drug-likeness (QED) is 0.506. The number of rotatable bonds is 3. The Morgan fingerprint density at radius 3 is 2.55 bits per heavy atom. The van der Waals surface area contributed by atoms with Gasteiger partial charge in [-0.05, 0) is 32.9 Å². The molecule has 1 aliphatic rings. The van der Waals surface area contributed by atoms with Crippen LogP contribution in [0, 0.1) is 20.8 Å². The van der Waals surface area contributed by atoms with Gasteiger partial charge >= 0.3 is 0 Å². The minimum atomic E-state index is 0.0169. The molecule has 0 spiro atoms. The molecule has 5 heterocycles. The SMILES string of the molecule is Cc1cc(-c2cc3nc(C)c(C)c(N4CCN(C(=O)c5cccnc5)CC4)n3n2)no1. The maximum atomic E-state index is 12.8. The number of pyridine rings is 1. The maximum Gasteiger partial charge on any atom is 0.255 e. The highest BCUT2D eigenvalue weighted by atomic mass is 16.5. The average molecular weight is 417 g/mol. The Hall–Kier alpha value is -3.75. The second kappa shape index (κ2) is 7.50. The Morgan fingerprint density at radius 1 is 1.06 bits per heavy atom. The first-order chi connectivity index (χ1) is 15.0. The van der Waals surface area contributed by atoms with E-state index in [-0.39, 0.29) is 5.91 Å². The summed E-state index contributed by atoms with van der Waals surface area (Å²) in [5, 5.41) is 8.86. The van der Waals surface area contributed by atoms with Crippen LogP contribution in [0.5, 0.6) is 0 Å². The molecule has 9 heteroatoms. The highest BCUT2D eigenvalue weighted by Gasteiger charge is 2.26. The van der Waals surface area contributed by atoms with Crippen LogP contribution in [0.15, 0.2) is 41.2 Å². The molecule has 0 saturated carbocycles. The standard InChI is InChI=1S/C22H23N7O2/c1-14-11-19(26-31-14)18-12-20-24-16(3)15(2)21(29(20)25-18)27-7-9-28(10-8-27)22(30)17-5-4-6-23-13-17/h4-6,11-13H,7-10H2,1-3H3. The van der Waals surface area contributed by atoms with E-state index in [1.165, 1.54) is 0 Å². The second-order valence-electron chi connectivity index (χ2n) is 7.79. The van der Waals surface area contributed by atoms with E-state index in [4.69, 9.17) is 14.6 Å². The van der Waals surface area contributed by atoms with E-state index in [0.29, 0.717) is 37.4 Å². The highest BCUT2D eigenvalue weighted by Crippen LogP contribution is 2.27. The Bertz CT molecular complexity index is 1250. The van der Waals surface area contributed by atoms with Gasteiger partial charge in [0.25, 0.3) is 5.91 Å². The van der Waals surface area contributed by atoms with Gasteiger partial charge in [0.05, 0.1) is 5.56 Å². The zero-order valence-electron chi connectivity index (χ0n) is 17.7. The minimum Gasteiger partial charge on any atom is -0.361 e. The van der Waals surface area contributed by atoms with Gasteiger partial charge in [-0.1, -0.05) is 5.16 Å². The molecular weight excluding hydrogens is 394 g/mol. The molecule has 9 nitrogen and oxygen atoms in total. The van der Waals surface area contributed by atoms with Gasteiger partial charge in [-0.15, -0.1) is 0 Å². The van der Waals surface area contributed by atoms with Crippen molar-refractivity contribution in [2.75, 3.05) is 31.1 Å². The van der Waals surface area contributed by atoms with Gasteiger partial charge in [0.15, 0.2) is 5.65 Å². The Balaban J connectivity index is 1.44. The smallest absolute Gasteiger partial charge is 0.255 e. The predicted octanol–water partition coefficient (Wildman–Crippen LogP) is 2.67. The van der Waals surface area contributed by atoms with Crippen molar-refractivity contribution in [2.24, 2.45) is 0 Å². The molecule has 4 aromatic heterocycles. The molecular formula is C22H23N7O2. The largest absolute Gasteiger partial charge is 0.361 e. The Kier molecular flexibility index (Phi) is 4.65. The molecule has 0 N–H and O–H groups in total. The fourth-order valence-corrected chi connectivity index (χ4v) is 3.96. The first kappa shape index (κ1) is 19.2. The highest BCUT2D eigenvalue weighted by molar-refractivity contribution is 5.94. The van der Waals surface area contributed by atoms with Crippen LogP contribution in [0.2, 0.25) is 0 Å². The van der Waals surface area contributed by atoms with Crippen molar-refractivity contribution in [2.45, 2.75) is 20.8 Å². The molecule has 0 atom stereocenters. The topological polar surface area (TPSA) is 92.7 Å². The molecule has 0 radical (unpaired) electrons. The van der Waals surface area contributed by atoms with E-state index in [0.717, 1.165) is 34.2 Å². The summed E-state index contributed by atoms with van der Waals surface area (Å²) in [7, 11) is 0. The summed E-state index contributed by atoms with van der Waals surface area (Å²) in [6.07, 6.45) is 3.29. The minimum absolute atomic E-state index is 0.0169. The Morgan fingerprint density at radius 2 is 1.87 bits per heavy atom. The molecule has 1 fully saturated rings. The lowest BCUT2D eigenvalue weighted by Crippen LogP contribution is -2.49. The molecule has 0 bridgehead atoms. The van der Waals surface area contributed by atoms with Crippen LogP contribution < -0.4 is 4.90 Å². The van der Waals surface area contributed by atoms with Gasteiger partial charge in [-0.25, -0.2) is 4.98 Å². The number of hydrogen-bond donors (Lipinski definition) is 0. The second-order valence-corrected chi connectivity index (χ2v) is 7.79. The van der Waals surface area contributed by atoms with Crippen LogP contribution >= 0.6 is 0 Å². The summed E-state index contributed by atoms with van der Waals surface area (Å²) < 4.78 is 7.08. The van der Waals surface area contributed by atoms with Gasteiger partial charge in [0.1, 0.15) is 23.0 Å². The number of aromatic nitrogens is 5. The number of fused-ring (bicyclic) bond motifs is 1. The zero-order valence-corrected chi connectivity index (χ0v) is 17.7. The van der Waals surface area contributed by atoms with E-state index < -0.39 is 0 Å². The van der Waals surface area contributed by atoms with E-state index in [1.54, 1.807) is 24.5 Å². The molecule has 0 aromatic carbocycles. The van der Waals surface area contributed by atoms with Crippen LogP contribution in [-0.4, -0.2) is 61.7 Å². The molecule has 1 aliphatic heterocycles. The van der Waals surface area contributed by atoms with Gasteiger partial charge in [0.2, 0.25) is 0 Å². The third-order valence-corrected chi connectivity index (χ3v) is 5.72. The van der Waals surface area contributed by atoms with Crippen molar-refractivity contribution in [3.8, 4) is 11.4 Å². The summed E-state index contributed by atoms with van der Waals surface area (Å²) >= 11 is 0. The first-order valence-corrected chi connectivity index (χ1v) is 10.3. The van der Waals surface area contributed by atoms with Crippen molar-refractivity contribution < 1.29 is 9.32 Å². The van der Waals surface area contributed by atoms with Crippen molar-refractivity contribution in [3.63, 3.8) is 0 Å². The van der Waals surface area contributed by atoms with E-state index in [2.05, 4.69) is 22.0 Å². The summed E-state index contributed by atoms with van der Waals surface area (Å²) in [4.78, 5) is 25.7. The number of carbonyl (C=O) groups excluding carboxylic acids is 1. The summed E-state index contributed by atoms with van der Waals surface area (Å²) in [6, 6.07) is 7.38. The summed E-state index contributed by atoms with van der Waals surface area (Å²) in [5.74, 6) is 1.76. The van der Waals surface area contributed by atoms with Crippen LogP contribution in [0.25, 0.3) is 17.0 Å². The van der Waals surface area contributed by atoms with Crippen LogP contribution in [0.3, 0.4) is 0 Å². The van der Waals surface area contributed by atoms with Crippen molar-refractivity contribution in [1.29, 1.82) is 0 Å². The molecule has 4 aromatic rings. The summed E-state index contributed by atoms with van der Waals surface area (Å²) in [5.41, 5.74) is 4.83. The van der Waals surface area contributed by atoms with Gasteiger partial charge in [-0.3, -0.25) is 9.78 Å². The molecule has 31 heavy (non-hydrogen) atoms. The fourth-order valence-electron chi connectivity index (χ4n) is 3.96. The third kappa shape index (κ3) is 3.41. The molecule has 5 rings (SSSR count). The number of amides is 1. The van der Waals surface area contributed by atoms with Crippen LogP contribution in [-0.2, 0) is 0 Å². The van der Waals surface area contributed by atoms with Crippen molar-refractivity contribution in [3.05, 3.63) is 59.2 Å². The monoisotopic (exact) mass is 417 g/mol. The molecule has 158 valence electrons. The number of carbonyl (C=O) groups is 1.